The Morgan fingerprint density at radius 1 is 1.03 bits per heavy atom. The molecular formula is C29H36BrNO5. The predicted octanol–water partition coefficient (Wildman–Crippen LogP) is 6.40. The first kappa shape index (κ1) is 26.6. The van der Waals surface area contributed by atoms with E-state index in [0.29, 0.717) is 43.4 Å². The fourth-order valence-electron chi connectivity index (χ4n) is 5.88. The summed E-state index contributed by atoms with van der Waals surface area (Å²) >= 11 is 3.64. The number of ether oxygens (including phenoxy) is 1. The zero-order valence-electron chi connectivity index (χ0n) is 21.9. The molecule has 0 spiro atoms. The van der Waals surface area contributed by atoms with Crippen LogP contribution in [0.15, 0.2) is 45.2 Å². The summed E-state index contributed by atoms with van der Waals surface area (Å²) in [4.78, 5) is 41.1. The van der Waals surface area contributed by atoms with Crippen LogP contribution in [0, 0.1) is 10.8 Å². The molecule has 1 aromatic carbocycles. The summed E-state index contributed by atoms with van der Waals surface area (Å²) in [7, 11) is 0. The molecule has 0 amide bonds. The quantitative estimate of drug-likeness (QED) is 0.417. The van der Waals surface area contributed by atoms with Crippen molar-refractivity contribution in [3.8, 4) is 5.75 Å². The molecule has 2 aliphatic carbocycles. The Labute approximate surface area is 221 Å². The number of carbonyl (C=O) groups excluding carboxylic acids is 2. The van der Waals surface area contributed by atoms with E-state index >= 15 is 0 Å². The van der Waals surface area contributed by atoms with Crippen LogP contribution in [0.3, 0.4) is 0 Å². The molecule has 4 rings (SSSR count). The highest BCUT2D eigenvalue weighted by molar-refractivity contribution is 9.10. The van der Waals surface area contributed by atoms with Crippen molar-refractivity contribution in [1.82, 2.24) is 4.90 Å². The molecule has 1 aromatic rings. The van der Waals surface area contributed by atoms with E-state index in [2.05, 4.69) is 50.5 Å². The van der Waals surface area contributed by atoms with Gasteiger partial charge in [0.2, 0.25) is 0 Å². The number of Topliss-reactive ketones (excluding diaryl/α,β-unsaturated/α-hetero) is 2. The molecule has 1 heterocycles. The van der Waals surface area contributed by atoms with Crippen molar-refractivity contribution in [3.63, 3.8) is 0 Å². The number of benzene rings is 1. The summed E-state index contributed by atoms with van der Waals surface area (Å²) in [5.74, 6) is -0.540. The van der Waals surface area contributed by atoms with Crippen molar-refractivity contribution in [1.29, 1.82) is 0 Å². The van der Waals surface area contributed by atoms with Crippen molar-refractivity contribution in [2.24, 2.45) is 10.8 Å². The van der Waals surface area contributed by atoms with Gasteiger partial charge in [-0.2, -0.15) is 0 Å². The summed E-state index contributed by atoms with van der Waals surface area (Å²) < 4.78 is 6.63. The number of halogens is 1. The maximum Gasteiger partial charge on any atom is 0.305 e. The molecule has 36 heavy (non-hydrogen) atoms. The van der Waals surface area contributed by atoms with E-state index < -0.39 is 11.9 Å². The monoisotopic (exact) mass is 557 g/mol. The largest absolute Gasteiger partial charge is 0.492 e. The maximum absolute atomic E-state index is 13.7. The molecule has 0 atom stereocenters. The number of hydrogen-bond donors (Lipinski definition) is 1. The lowest BCUT2D eigenvalue weighted by molar-refractivity contribution is -0.137. The van der Waals surface area contributed by atoms with Crippen LogP contribution < -0.4 is 4.74 Å². The van der Waals surface area contributed by atoms with E-state index in [0.717, 1.165) is 33.6 Å². The third-order valence-corrected chi connectivity index (χ3v) is 7.94. The number of ketones is 2. The van der Waals surface area contributed by atoms with Crippen LogP contribution >= 0.6 is 15.9 Å². The number of carboxylic acids is 1. The molecule has 194 valence electrons. The van der Waals surface area contributed by atoms with Crippen LogP contribution in [-0.4, -0.2) is 40.7 Å². The second kappa shape index (κ2) is 9.81. The first-order valence-corrected chi connectivity index (χ1v) is 13.6. The van der Waals surface area contributed by atoms with Crippen LogP contribution in [0.5, 0.6) is 5.75 Å². The molecule has 0 unspecified atom stereocenters. The van der Waals surface area contributed by atoms with Crippen LogP contribution in [0.25, 0.3) is 0 Å². The number of nitrogens with zero attached hydrogens (tertiary/aromatic N) is 1. The molecule has 0 bridgehead atoms. The third kappa shape index (κ3) is 5.17. The molecule has 3 aliphatic rings. The summed E-state index contributed by atoms with van der Waals surface area (Å²) in [6, 6.07) is 5.83. The minimum Gasteiger partial charge on any atom is -0.492 e. The van der Waals surface area contributed by atoms with Gasteiger partial charge < -0.3 is 14.7 Å². The first-order chi connectivity index (χ1) is 16.8. The van der Waals surface area contributed by atoms with Crippen LogP contribution in [-0.2, 0) is 14.4 Å². The second-order valence-corrected chi connectivity index (χ2v) is 12.7. The lowest BCUT2D eigenvalue weighted by Gasteiger charge is -2.49. The standard InChI is InChI=1S/C29H36BrNO5/c1-6-11-36-23-8-7-17(12-18(23)30)25-26-19(13-28(2,3)15-21(26)32)31(10-9-24(34)35)20-14-29(4,5)16-22(33)27(20)25/h7-8,12,25H,6,9-11,13-16H2,1-5H3,(H,34,35). The van der Waals surface area contributed by atoms with E-state index in [1.165, 1.54) is 0 Å². The zero-order valence-corrected chi connectivity index (χ0v) is 23.5. The minimum absolute atomic E-state index is 0.0400. The normalized spacial score (nSPS) is 21.4. The average Bonchev–Trinajstić information content (AvgIpc) is 2.74. The van der Waals surface area contributed by atoms with Crippen LogP contribution in [0.1, 0.15) is 84.6 Å². The van der Waals surface area contributed by atoms with Crippen LogP contribution in [0.4, 0.5) is 0 Å². The highest BCUT2D eigenvalue weighted by Crippen LogP contribution is 2.54. The SMILES string of the molecule is CCCOc1ccc(C2C3=C(CC(C)(C)CC3=O)N(CCC(=O)O)C3=C2C(=O)CC(C)(C)C3)cc1Br. The molecule has 1 aliphatic heterocycles. The molecule has 0 aromatic heterocycles. The van der Waals surface area contributed by atoms with Crippen molar-refractivity contribution >= 4 is 33.5 Å². The van der Waals surface area contributed by atoms with E-state index in [-0.39, 0.29) is 35.4 Å². The lowest BCUT2D eigenvalue weighted by atomic mass is 9.63. The Kier molecular flexibility index (Phi) is 7.26. The Bertz CT molecular complexity index is 1120. The summed E-state index contributed by atoms with van der Waals surface area (Å²) in [5, 5.41) is 9.48. The molecule has 0 saturated heterocycles. The van der Waals surface area contributed by atoms with E-state index in [1.54, 1.807) is 0 Å². The van der Waals surface area contributed by atoms with Gasteiger partial charge in [0, 0.05) is 47.8 Å². The van der Waals surface area contributed by atoms with Gasteiger partial charge in [0.15, 0.2) is 11.6 Å². The Balaban J connectivity index is 1.93. The van der Waals surface area contributed by atoms with Gasteiger partial charge >= 0.3 is 5.97 Å². The van der Waals surface area contributed by atoms with Gasteiger partial charge in [-0.1, -0.05) is 40.7 Å². The molecule has 7 heteroatoms. The number of hydrogen-bond acceptors (Lipinski definition) is 5. The molecule has 0 radical (unpaired) electrons. The highest BCUT2D eigenvalue weighted by Gasteiger charge is 2.49. The fourth-order valence-corrected chi connectivity index (χ4v) is 6.40. The molecule has 0 fully saturated rings. The highest BCUT2D eigenvalue weighted by atomic mass is 79.9. The summed E-state index contributed by atoms with van der Waals surface area (Å²) in [6.07, 6.45) is 2.95. The Morgan fingerprint density at radius 2 is 1.58 bits per heavy atom. The average molecular weight is 559 g/mol. The van der Waals surface area contributed by atoms with E-state index in [9.17, 15) is 19.5 Å². The van der Waals surface area contributed by atoms with E-state index in [4.69, 9.17) is 4.74 Å². The smallest absolute Gasteiger partial charge is 0.305 e. The van der Waals surface area contributed by atoms with Gasteiger partial charge in [0.1, 0.15) is 5.75 Å². The molecular weight excluding hydrogens is 522 g/mol. The van der Waals surface area contributed by atoms with Gasteiger partial charge in [-0.15, -0.1) is 0 Å². The van der Waals surface area contributed by atoms with Crippen LogP contribution in [0.2, 0.25) is 0 Å². The van der Waals surface area contributed by atoms with Crippen molar-refractivity contribution in [2.75, 3.05) is 13.2 Å². The van der Waals surface area contributed by atoms with Crippen molar-refractivity contribution in [2.45, 2.75) is 79.1 Å². The van der Waals surface area contributed by atoms with Crippen molar-refractivity contribution in [3.05, 3.63) is 50.8 Å². The molecule has 1 N–H and O–H groups in total. The van der Waals surface area contributed by atoms with Gasteiger partial charge in [-0.05, 0) is 63.7 Å². The maximum atomic E-state index is 13.7. The first-order valence-electron chi connectivity index (χ1n) is 12.8. The number of carbonyl (C=O) groups is 3. The molecule has 0 saturated carbocycles. The third-order valence-electron chi connectivity index (χ3n) is 7.32. The topological polar surface area (TPSA) is 83.9 Å². The fraction of sp³-hybridized carbons (Fsp3) is 0.552. The van der Waals surface area contributed by atoms with E-state index in [1.807, 2.05) is 23.1 Å². The minimum atomic E-state index is -0.893. The van der Waals surface area contributed by atoms with Gasteiger partial charge in [0.25, 0.3) is 0 Å². The summed E-state index contributed by atoms with van der Waals surface area (Å²) in [6.45, 7) is 11.2. The van der Waals surface area contributed by atoms with Gasteiger partial charge in [0.05, 0.1) is 17.5 Å². The predicted molar refractivity (Wildman–Crippen MR) is 142 cm³/mol. The number of aliphatic carboxylic acids is 1. The van der Waals surface area contributed by atoms with Crippen molar-refractivity contribution < 1.29 is 24.2 Å². The summed E-state index contributed by atoms with van der Waals surface area (Å²) in [5.41, 5.74) is 3.47. The Hall–Kier alpha value is -2.41. The second-order valence-electron chi connectivity index (χ2n) is 11.9. The Morgan fingerprint density at radius 3 is 2.06 bits per heavy atom. The number of carboxylic acid groups (broad SMARTS) is 1. The number of rotatable bonds is 7. The number of allylic oxidation sites excluding steroid dienone is 4. The zero-order chi connectivity index (χ0) is 26.4. The molecule has 6 nitrogen and oxygen atoms in total. The lowest BCUT2D eigenvalue weighted by Crippen LogP contribution is -2.45. The van der Waals surface area contributed by atoms with Gasteiger partial charge in [-0.3, -0.25) is 14.4 Å². The van der Waals surface area contributed by atoms with Gasteiger partial charge in [-0.25, -0.2) is 0 Å².